The van der Waals surface area contributed by atoms with Crippen LogP contribution in [0.3, 0.4) is 0 Å². The predicted molar refractivity (Wildman–Crippen MR) is 127 cm³/mol. The van der Waals surface area contributed by atoms with Crippen LogP contribution in [0.15, 0.2) is 61.1 Å². The lowest BCUT2D eigenvalue weighted by molar-refractivity contribution is -0.0361. The smallest absolute Gasteiger partial charge is 0.255 e. The number of aromatic nitrogens is 3. The minimum Gasteiger partial charge on any atom is -0.379 e. The Kier molecular flexibility index (Phi) is 6.51. The Labute approximate surface area is 194 Å². The van der Waals surface area contributed by atoms with Crippen LogP contribution in [0.25, 0.3) is 16.9 Å². The van der Waals surface area contributed by atoms with Crippen molar-refractivity contribution < 1.29 is 9.53 Å². The van der Waals surface area contributed by atoms with Crippen molar-refractivity contribution in [1.82, 2.24) is 25.0 Å². The first kappa shape index (κ1) is 21.8. The van der Waals surface area contributed by atoms with E-state index in [0.29, 0.717) is 17.8 Å². The largest absolute Gasteiger partial charge is 0.379 e. The summed E-state index contributed by atoms with van der Waals surface area (Å²) in [4.78, 5) is 20.3. The maximum Gasteiger partial charge on any atom is 0.255 e. The van der Waals surface area contributed by atoms with Crippen LogP contribution in [-0.2, 0) is 4.74 Å². The van der Waals surface area contributed by atoms with Crippen LogP contribution < -0.4 is 5.32 Å². The van der Waals surface area contributed by atoms with E-state index >= 15 is 0 Å². The normalized spacial score (nSPS) is 18.7. The van der Waals surface area contributed by atoms with Crippen LogP contribution in [0.1, 0.15) is 42.5 Å². The number of amides is 1. The summed E-state index contributed by atoms with van der Waals surface area (Å²) >= 11 is 0. The molecule has 0 spiro atoms. The number of hydrogen-bond donors (Lipinski definition) is 1. The summed E-state index contributed by atoms with van der Waals surface area (Å²) in [6.45, 7) is 4.05. The highest BCUT2D eigenvalue weighted by molar-refractivity contribution is 5.99. The van der Waals surface area contributed by atoms with E-state index in [1.54, 1.807) is 17.1 Å². The van der Waals surface area contributed by atoms with E-state index in [0.717, 1.165) is 50.4 Å². The van der Waals surface area contributed by atoms with Gasteiger partial charge in [-0.25, -0.2) is 4.68 Å². The molecule has 2 aliphatic rings. The summed E-state index contributed by atoms with van der Waals surface area (Å²) in [6, 6.07) is 13.7. The predicted octanol–water partition coefficient (Wildman–Crippen LogP) is 3.70. The number of rotatable bonds is 6. The fourth-order valence-electron chi connectivity index (χ4n) is 5.16. The van der Waals surface area contributed by atoms with E-state index in [4.69, 9.17) is 9.84 Å². The molecule has 1 saturated carbocycles. The number of pyridine rings is 1. The molecule has 0 bridgehead atoms. The van der Waals surface area contributed by atoms with Gasteiger partial charge in [0, 0.05) is 49.3 Å². The highest BCUT2D eigenvalue weighted by Gasteiger charge is 2.39. The number of para-hydroxylation sites is 1. The third-order valence-electron chi connectivity index (χ3n) is 6.96. The summed E-state index contributed by atoms with van der Waals surface area (Å²) in [6.07, 6.45) is 11.2. The second kappa shape index (κ2) is 9.85. The molecule has 1 aliphatic heterocycles. The van der Waals surface area contributed by atoms with Gasteiger partial charge in [-0.3, -0.25) is 14.7 Å². The van der Waals surface area contributed by atoms with Gasteiger partial charge in [-0.05, 0) is 37.1 Å². The van der Waals surface area contributed by atoms with E-state index in [9.17, 15) is 4.79 Å². The van der Waals surface area contributed by atoms with Gasteiger partial charge in [0.15, 0.2) is 0 Å². The molecule has 3 aromatic rings. The molecule has 5 rings (SSSR count). The summed E-state index contributed by atoms with van der Waals surface area (Å²) in [5.41, 5.74) is 2.98. The van der Waals surface area contributed by atoms with Gasteiger partial charge in [0.05, 0.1) is 24.5 Å². The molecule has 2 aromatic heterocycles. The Morgan fingerprint density at radius 3 is 2.55 bits per heavy atom. The number of hydrogen-bond acceptors (Lipinski definition) is 5. The average Bonchev–Trinajstić information content (AvgIpc) is 3.35. The van der Waals surface area contributed by atoms with E-state index < -0.39 is 0 Å². The van der Waals surface area contributed by atoms with Crippen molar-refractivity contribution in [3.63, 3.8) is 0 Å². The molecular formula is C26H31N5O2. The van der Waals surface area contributed by atoms with E-state index in [1.165, 1.54) is 19.3 Å². The molecule has 3 heterocycles. The Balaban J connectivity index is 1.42. The molecule has 7 heteroatoms. The number of carbonyl (C=O) groups is 1. The Bertz CT molecular complexity index is 1050. The first-order valence-electron chi connectivity index (χ1n) is 11.9. The fourth-order valence-corrected chi connectivity index (χ4v) is 5.16. The SMILES string of the molecule is O=C(NCC1(N2CCOCC2)CCCCC1)c1cn(-c2ccccc2)nc1-c1cccnc1. The van der Waals surface area contributed by atoms with Gasteiger partial charge in [0.25, 0.3) is 5.91 Å². The standard InChI is InChI=1S/C26H31N5O2/c32-25(28-20-26(11-5-2-6-12-26)30-14-16-33-17-15-30)23-19-31(22-9-3-1-4-10-22)29-24(23)21-8-7-13-27-18-21/h1,3-4,7-10,13,18-19H,2,5-6,11-12,14-17,20H2,(H,28,32). The molecule has 33 heavy (non-hydrogen) atoms. The van der Waals surface area contributed by atoms with Gasteiger partial charge in [-0.1, -0.05) is 37.5 Å². The van der Waals surface area contributed by atoms with Crippen molar-refractivity contribution >= 4 is 5.91 Å². The van der Waals surface area contributed by atoms with Gasteiger partial charge in [-0.2, -0.15) is 5.10 Å². The lowest BCUT2D eigenvalue weighted by Gasteiger charge is -2.48. The average molecular weight is 446 g/mol. The van der Waals surface area contributed by atoms with Crippen molar-refractivity contribution in [1.29, 1.82) is 0 Å². The van der Waals surface area contributed by atoms with Crippen LogP contribution in [0.2, 0.25) is 0 Å². The molecule has 0 unspecified atom stereocenters. The van der Waals surface area contributed by atoms with E-state index in [2.05, 4.69) is 15.2 Å². The molecule has 1 aromatic carbocycles. The van der Waals surface area contributed by atoms with Crippen LogP contribution in [0, 0.1) is 0 Å². The maximum atomic E-state index is 13.5. The highest BCUT2D eigenvalue weighted by Crippen LogP contribution is 2.34. The quantitative estimate of drug-likeness (QED) is 0.626. The topological polar surface area (TPSA) is 72.3 Å². The second-order valence-electron chi connectivity index (χ2n) is 8.98. The van der Waals surface area contributed by atoms with Gasteiger partial charge in [-0.15, -0.1) is 0 Å². The minimum atomic E-state index is -0.0887. The molecule has 1 amide bonds. The zero-order valence-electron chi connectivity index (χ0n) is 18.9. The Hall–Kier alpha value is -3.03. The fraction of sp³-hybridized carbons (Fsp3) is 0.423. The van der Waals surface area contributed by atoms with Crippen LogP contribution in [0.5, 0.6) is 0 Å². The highest BCUT2D eigenvalue weighted by atomic mass is 16.5. The lowest BCUT2D eigenvalue weighted by Crippen LogP contribution is -2.59. The first-order valence-corrected chi connectivity index (χ1v) is 11.9. The molecule has 172 valence electrons. The summed E-state index contributed by atoms with van der Waals surface area (Å²) in [5.74, 6) is -0.0887. The molecular weight excluding hydrogens is 414 g/mol. The Morgan fingerprint density at radius 2 is 1.82 bits per heavy atom. The number of ether oxygens (including phenoxy) is 1. The van der Waals surface area contributed by atoms with Crippen LogP contribution in [0.4, 0.5) is 0 Å². The zero-order chi connectivity index (χ0) is 22.5. The van der Waals surface area contributed by atoms with Crippen molar-refractivity contribution in [3.8, 4) is 16.9 Å². The Morgan fingerprint density at radius 1 is 1.03 bits per heavy atom. The van der Waals surface area contributed by atoms with Gasteiger partial charge in [0.2, 0.25) is 0 Å². The van der Waals surface area contributed by atoms with Crippen LogP contribution in [-0.4, -0.2) is 64.0 Å². The first-order chi connectivity index (χ1) is 16.3. The van der Waals surface area contributed by atoms with Gasteiger partial charge >= 0.3 is 0 Å². The molecule has 2 fully saturated rings. The number of benzene rings is 1. The van der Waals surface area contributed by atoms with Crippen molar-refractivity contribution in [2.75, 3.05) is 32.8 Å². The molecule has 0 radical (unpaired) electrons. The van der Waals surface area contributed by atoms with E-state index in [1.807, 2.05) is 48.7 Å². The van der Waals surface area contributed by atoms with Crippen molar-refractivity contribution in [2.24, 2.45) is 0 Å². The van der Waals surface area contributed by atoms with Crippen molar-refractivity contribution in [2.45, 2.75) is 37.6 Å². The number of nitrogens with one attached hydrogen (secondary N) is 1. The van der Waals surface area contributed by atoms with Crippen LogP contribution >= 0.6 is 0 Å². The summed E-state index contributed by atoms with van der Waals surface area (Å²) in [5, 5.41) is 8.05. The van der Waals surface area contributed by atoms with E-state index in [-0.39, 0.29) is 11.4 Å². The third kappa shape index (κ3) is 4.70. The monoisotopic (exact) mass is 445 g/mol. The number of morpholine rings is 1. The summed E-state index contributed by atoms with van der Waals surface area (Å²) in [7, 11) is 0. The number of carbonyl (C=O) groups excluding carboxylic acids is 1. The second-order valence-corrected chi connectivity index (χ2v) is 8.98. The third-order valence-corrected chi connectivity index (χ3v) is 6.96. The molecule has 7 nitrogen and oxygen atoms in total. The summed E-state index contributed by atoms with van der Waals surface area (Å²) < 4.78 is 7.37. The molecule has 1 saturated heterocycles. The minimum absolute atomic E-state index is 0.0155. The maximum absolute atomic E-state index is 13.5. The van der Waals surface area contributed by atoms with Gasteiger partial charge in [0.1, 0.15) is 5.69 Å². The molecule has 0 atom stereocenters. The number of nitrogens with zero attached hydrogens (tertiary/aromatic N) is 4. The molecule has 1 aliphatic carbocycles. The van der Waals surface area contributed by atoms with Gasteiger partial charge < -0.3 is 10.1 Å². The molecule has 1 N–H and O–H groups in total. The van der Waals surface area contributed by atoms with Crippen molar-refractivity contribution in [3.05, 3.63) is 66.6 Å². The lowest BCUT2D eigenvalue weighted by atomic mass is 9.79. The zero-order valence-corrected chi connectivity index (χ0v) is 18.9.